The van der Waals surface area contributed by atoms with Crippen molar-refractivity contribution in [2.75, 3.05) is 17.1 Å². The minimum absolute atomic E-state index is 0.0347. The van der Waals surface area contributed by atoms with Crippen LogP contribution in [0.15, 0.2) is 65.6 Å². The Morgan fingerprint density at radius 3 is 2.33 bits per heavy atom. The second kappa shape index (κ2) is 9.05. The number of nitrogens with zero attached hydrogens (tertiary/aromatic N) is 2. The van der Waals surface area contributed by atoms with Gasteiger partial charge >= 0.3 is 0 Å². The maximum absolute atomic E-state index is 13.2. The largest absolute Gasteiger partial charge is 0.497 e. The lowest BCUT2D eigenvalue weighted by Gasteiger charge is -2.16. The van der Waals surface area contributed by atoms with Gasteiger partial charge in [-0.3, -0.25) is 9.52 Å². The van der Waals surface area contributed by atoms with E-state index in [0.717, 1.165) is 0 Å². The fourth-order valence-electron chi connectivity index (χ4n) is 3.21. The number of carbonyl (C=O) groups excluding carboxylic acids is 1. The van der Waals surface area contributed by atoms with Crippen molar-refractivity contribution in [3.05, 3.63) is 76.8 Å². The zero-order valence-corrected chi connectivity index (χ0v) is 19.2. The number of hydrogen-bond donors (Lipinski definition) is 2. The number of halogens is 1. The number of aromatic nitrogens is 2. The molecule has 1 radical (unpaired) electrons. The molecular weight excluding hydrogens is 464 g/mol. The molecule has 0 spiro atoms. The highest BCUT2D eigenvalue weighted by molar-refractivity contribution is 7.92. The van der Waals surface area contributed by atoms with Crippen LogP contribution in [0.2, 0.25) is 5.02 Å². The van der Waals surface area contributed by atoms with Gasteiger partial charge in [-0.1, -0.05) is 35.9 Å². The van der Waals surface area contributed by atoms with Gasteiger partial charge in [-0.25, -0.2) is 18.4 Å². The van der Waals surface area contributed by atoms with Gasteiger partial charge in [-0.05, 0) is 42.8 Å². The Morgan fingerprint density at radius 1 is 0.970 bits per heavy atom. The van der Waals surface area contributed by atoms with Crippen molar-refractivity contribution in [1.82, 2.24) is 9.97 Å². The van der Waals surface area contributed by atoms with E-state index in [0.29, 0.717) is 27.5 Å². The van der Waals surface area contributed by atoms with Gasteiger partial charge < -0.3 is 10.1 Å². The minimum atomic E-state index is -4.11. The second-order valence-corrected chi connectivity index (χ2v) is 9.07. The van der Waals surface area contributed by atoms with Crippen LogP contribution < -0.4 is 14.8 Å². The van der Waals surface area contributed by atoms with E-state index in [1.54, 1.807) is 48.8 Å². The molecular formula is C23H18ClN4O4S. The Bertz CT molecular complexity index is 1480. The Kier molecular flexibility index (Phi) is 6.17. The molecule has 0 amide bonds. The van der Waals surface area contributed by atoms with Crippen LogP contribution in [0.3, 0.4) is 0 Å². The number of para-hydroxylation sites is 2. The molecule has 0 bridgehead atoms. The number of fused-ring (bicyclic) bond motifs is 1. The standard InChI is InChI=1S/C23H18ClN4O4S/c1-14-15(13-29)6-5-9-21(14)33(30,31)28-23-22(25-18-7-3-4-8-19(18)26-23)27-20-12-16(32-2)10-11-17(20)24/h3-12H,1-2H3,(H,25,27)(H,26,28). The second-order valence-electron chi connectivity index (χ2n) is 7.02. The topological polar surface area (TPSA) is 110 Å². The molecule has 1 heterocycles. The highest BCUT2D eigenvalue weighted by Gasteiger charge is 2.22. The molecule has 0 fully saturated rings. The van der Waals surface area contributed by atoms with Crippen LogP contribution in [-0.2, 0) is 14.8 Å². The van der Waals surface area contributed by atoms with Gasteiger partial charge in [-0.2, -0.15) is 0 Å². The fourth-order valence-corrected chi connectivity index (χ4v) is 4.65. The lowest BCUT2D eigenvalue weighted by molar-refractivity contribution is 0.415. The van der Waals surface area contributed by atoms with Crippen molar-refractivity contribution in [2.24, 2.45) is 0 Å². The molecule has 0 aliphatic heterocycles. The van der Waals surface area contributed by atoms with E-state index in [-0.39, 0.29) is 27.7 Å². The quantitative estimate of drug-likeness (QED) is 0.396. The summed E-state index contributed by atoms with van der Waals surface area (Å²) >= 11 is 6.32. The Hall–Kier alpha value is -3.69. The molecule has 10 heteroatoms. The summed E-state index contributed by atoms with van der Waals surface area (Å²) in [7, 11) is -2.59. The van der Waals surface area contributed by atoms with E-state index in [4.69, 9.17) is 16.3 Å². The monoisotopic (exact) mass is 481 g/mol. The number of rotatable bonds is 7. The molecule has 0 unspecified atom stereocenters. The first-order valence-corrected chi connectivity index (χ1v) is 11.6. The van der Waals surface area contributed by atoms with Gasteiger partial charge in [-0.15, -0.1) is 0 Å². The fraction of sp³-hybridized carbons (Fsp3) is 0.0870. The van der Waals surface area contributed by atoms with Crippen LogP contribution in [0.5, 0.6) is 5.75 Å². The molecule has 8 nitrogen and oxygen atoms in total. The highest BCUT2D eigenvalue weighted by Crippen LogP contribution is 2.33. The molecule has 3 aromatic carbocycles. The summed E-state index contributed by atoms with van der Waals surface area (Å²) < 4.78 is 34.2. The summed E-state index contributed by atoms with van der Waals surface area (Å²) in [6, 6.07) is 16.4. The Labute approximate surface area is 195 Å². The first-order valence-electron chi connectivity index (χ1n) is 9.70. The predicted molar refractivity (Wildman–Crippen MR) is 128 cm³/mol. The van der Waals surface area contributed by atoms with Gasteiger partial charge in [0.1, 0.15) is 5.75 Å². The molecule has 1 aromatic heterocycles. The summed E-state index contributed by atoms with van der Waals surface area (Å²) in [6.45, 7) is 1.54. The number of methoxy groups -OCH3 is 1. The van der Waals surface area contributed by atoms with Gasteiger partial charge in [0.2, 0.25) is 6.29 Å². The minimum Gasteiger partial charge on any atom is -0.497 e. The van der Waals surface area contributed by atoms with E-state index in [2.05, 4.69) is 20.0 Å². The SMILES string of the molecule is COc1ccc(Cl)c(Nc2nc3ccccc3nc2NS(=O)(=O)c2cccc([C]=O)c2C)c1. The third-order valence-electron chi connectivity index (χ3n) is 4.91. The zero-order valence-electron chi connectivity index (χ0n) is 17.6. The molecule has 2 N–H and O–H groups in total. The molecule has 0 saturated carbocycles. The first-order chi connectivity index (χ1) is 15.8. The van der Waals surface area contributed by atoms with Crippen molar-refractivity contribution < 1.29 is 17.9 Å². The van der Waals surface area contributed by atoms with Crippen LogP contribution in [-0.4, -0.2) is 31.8 Å². The smallest absolute Gasteiger partial charge is 0.263 e. The Morgan fingerprint density at radius 2 is 1.67 bits per heavy atom. The van der Waals surface area contributed by atoms with E-state index < -0.39 is 10.0 Å². The van der Waals surface area contributed by atoms with Crippen molar-refractivity contribution in [3.63, 3.8) is 0 Å². The molecule has 4 aromatic rings. The number of hydrogen-bond acceptors (Lipinski definition) is 7. The number of anilines is 3. The molecule has 0 aliphatic rings. The maximum atomic E-state index is 13.2. The van der Waals surface area contributed by atoms with Gasteiger partial charge in [0.15, 0.2) is 11.6 Å². The maximum Gasteiger partial charge on any atom is 0.263 e. The van der Waals surface area contributed by atoms with Crippen molar-refractivity contribution in [3.8, 4) is 5.75 Å². The van der Waals surface area contributed by atoms with Crippen LogP contribution in [0.4, 0.5) is 17.3 Å². The third-order valence-corrected chi connectivity index (χ3v) is 6.72. The van der Waals surface area contributed by atoms with Crippen molar-refractivity contribution in [1.29, 1.82) is 0 Å². The molecule has 0 saturated heterocycles. The summed E-state index contributed by atoms with van der Waals surface area (Å²) in [5.41, 5.74) is 1.93. The van der Waals surface area contributed by atoms with Crippen LogP contribution in [0.25, 0.3) is 11.0 Å². The van der Waals surface area contributed by atoms with E-state index >= 15 is 0 Å². The lowest BCUT2D eigenvalue weighted by atomic mass is 10.1. The Balaban J connectivity index is 1.82. The molecule has 0 aliphatic carbocycles. The summed E-state index contributed by atoms with van der Waals surface area (Å²) in [5.74, 6) is 0.658. The average molecular weight is 482 g/mol. The summed E-state index contributed by atoms with van der Waals surface area (Å²) in [5, 5.41) is 3.42. The highest BCUT2D eigenvalue weighted by atomic mass is 35.5. The third kappa shape index (κ3) is 4.59. The first kappa shape index (κ1) is 22.5. The lowest BCUT2D eigenvalue weighted by Crippen LogP contribution is -2.17. The predicted octanol–water partition coefficient (Wildman–Crippen LogP) is 4.60. The molecule has 167 valence electrons. The van der Waals surface area contributed by atoms with Crippen LogP contribution in [0.1, 0.15) is 11.1 Å². The van der Waals surface area contributed by atoms with Crippen molar-refractivity contribution >= 4 is 56.3 Å². The zero-order chi connectivity index (χ0) is 23.6. The summed E-state index contributed by atoms with van der Waals surface area (Å²) in [4.78, 5) is 20.1. The van der Waals surface area contributed by atoms with Crippen molar-refractivity contribution in [2.45, 2.75) is 11.8 Å². The number of nitrogens with one attached hydrogen (secondary N) is 2. The van der Waals surface area contributed by atoms with Crippen LogP contribution in [0, 0.1) is 6.92 Å². The molecule has 33 heavy (non-hydrogen) atoms. The summed E-state index contributed by atoms with van der Waals surface area (Å²) in [6.07, 6.45) is 1.75. The van der Waals surface area contributed by atoms with Gasteiger partial charge in [0.05, 0.1) is 33.7 Å². The number of benzene rings is 3. The number of sulfonamides is 1. The van der Waals surface area contributed by atoms with E-state index in [9.17, 15) is 13.2 Å². The normalized spacial score (nSPS) is 11.2. The van der Waals surface area contributed by atoms with E-state index in [1.807, 2.05) is 0 Å². The number of ether oxygens (including phenoxy) is 1. The molecule has 0 atom stereocenters. The van der Waals surface area contributed by atoms with Crippen LogP contribution >= 0.6 is 11.6 Å². The average Bonchev–Trinajstić information content (AvgIpc) is 2.80. The van der Waals surface area contributed by atoms with Gasteiger partial charge in [0, 0.05) is 11.6 Å². The van der Waals surface area contributed by atoms with E-state index in [1.165, 1.54) is 32.2 Å². The molecule has 4 rings (SSSR count). The van der Waals surface area contributed by atoms with Gasteiger partial charge in [0.25, 0.3) is 10.0 Å².